The number of hydrogen-bond acceptors (Lipinski definition) is 3. The summed E-state index contributed by atoms with van der Waals surface area (Å²) >= 11 is 0. The molecule has 4 nitrogen and oxygen atoms in total. The Morgan fingerprint density at radius 1 is 1.53 bits per heavy atom. The molecule has 1 atom stereocenters. The highest BCUT2D eigenvalue weighted by Crippen LogP contribution is 2.19. The van der Waals surface area contributed by atoms with E-state index in [0.717, 1.165) is 24.3 Å². The summed E-state index contributed by atoms with van der Waals surface area (Å²) in [5.74, 6) is 1.10. The Bertz CT molecular complexity index is 308. The maximum absolute atomic E-state index is 9.71. The second kappa shape index (κ2) is 5.16. The van der Waals surface area contributed by atoms with E-state index in [1.54, 1.807) is 18.0 Å². The Balaban J connectivity index is 2.60. The summed E-state index contributed by atoms with van der Waals surface area (Å²) in [4.78, 5) is 0. The molecule has 0 aliphatic heterocycles. The van der Waals surface area contributed by atoms with Gasteiger partial charge in [0.15, 0.2) is 5.75 Å². The van der Waals surface area contributed by atoms with Gasteiger partial charge in [-0.15, -0.1) is 0 Å². The van der Waals surface area contributed by atoms with E-state index in [1.807, 2.05) is 20.9 Å². The van der Waals surface area contributed by atoms with Gasteiger partial charge in [-0.25, -0.2) is 0 Å². The second-order valence-electron chi connectivity index (χ2n) is 4.13. The molecule has 0 amide bonds. The van der Waals surface area contributed by atoms with Gasteiger partial charge in [-0.05, 0) is 18.8 Å². The molecule has 0 aliphatic carbocycles. The molecular formula is C11H20N2O2. The Kier molecular flexibility index (Phi) is 4.15. The predicted molar refractivity (Wildman–Crippen MR) is 58.9 cm³/mol. The molecule has 0 saturated carbocycles. The third-order valence-corrected chi connectivity index (χ3v) is 2.69. The van der Waals surface area contributed by atoms with E-state index in [4.69, 9.17) is 4.74 Å². The molecule has 0 spiro atoms. The molecule has 0 saturated heterocycles. The van der Waals surface area contributed by atoms with Crippen molar-refractivity contribution >= 4 is 0 Å². The van der Waals surface area contributed by atoms with E-state index < -0.39 is 0 Å². The highest BCUT2D eigenvalue weighted by atomic mass is 16.5. The molecule has 86 valence electrons. The van der Waals surface area contributed by atoms with Crippen LogP contribution in [-0.2, 0) is 13.5 Å². The molecule has 15 heavy (non-hydrogen) atoms. The first-order chi connectivity index (χ1) is 7.06. The predicted octanol–water partition coefficient (Wildman–Crippen LogP) is 1.38. The molecule has 4 heteroatoms. The summed E-state index contributed by atoms with van der Waals surface area (Å²) in [7, 11) is 3.53. The lowest BCUT2D eigenvalue weighted by Crippen LogP contribution is -2.16. The summed E-state index contributed by atoms with van der Waals surface area (Å²) in [6.07, 6.45) is 2.98. The van der Waals surface area contributed by atoms with Gasteiger partial charge in [0.25, 0.3) is 0 Å². The molecule has 1 unspecified atom stereocenters. The zero-order chi connectivity index (χ0) is 11.4. The summed E-state index contributed by atoms with van der Waals surface area (Å²) < 4.78 is 6.99. The van der Waals surface area contributed by atoms with E-state index in [2.05, 4.69) is 5.10 Å². The lowest BCUT2D eigenvalue weighted by atomic mass is 10.0. The van der Waals surface area contributed by atoms with E-state index in [0.29, 0.717) is 5.92 Å². The average Bonchev–Trinajstić information content (AvgIpc) is 2.55. The zero-order valence-electron chi connectivity index (χ0n) is 9.90. The summed E-state index contributed by atoms with van der Waals surface area (Å²) in [5.41, 5.74) is 1.04. The Labute approximate surface area is 90.9 Å². The zero-order valence-corrected chi connectivity index (χ0v) is 9.90. The first kappa shape index (κ1) is 12.0. The minimum Gasteiger partial charge on any atom is -0.493 e. The monoisotopic (exact) mass is 212 g/mol. The minimum atomic E-state index is -0.260. The van der Waals surface area contributed by atoms with Crippen LogP contribution >= 0.6 is 0 Å². The molecule has 0 aliphatic rings. The molecule has 1 aromatic heterocycles. The topological polar surface area (TPSA) is 47.3 Å². The summed E-state index contributed by atoms with van der Waals surface area (Å²) in [5, 5.41) is 13.8. The van der Waals surface area contributed by atoms with Crippen molar-refractivity contribution in [2.75, 3.05) is 7.11 Å². The number of aliphatic hydroxyl groups excluding tert-OH is 1. The summed E-state index contributed by atoms with van der Waals surface area (Å²) in [6, 6.07) is 0. The lowest BCUT2D eigenvalue weighted by molar-refractivity contribution is 0.116. The van der Waals surface area contributed by atoms with E-state index in [9.17, 15) is 5.11 Å². The maximum Gasteiger partial charge on any atom is 0.159 e. The van der Waals surface area contributed by atoms with Gasteiger partial charge in [-0.2, -0.15) is 5.10 Å². The molecule has 0 bridgehead atoms. The van der Waals surface area contributed by atoms with Crippen LogP contribution in [0.1, 0.15) is 26.0 Å². The molecule has 1 N–H and O–H groups in total. The van der Waals surface area contributed by atoms with Gasteiger partial charge in [0.2, 0.25) is 0 Å². The second-order valence-corrected chi connectivity index (χ2v) is 4.13. The van der Waals surface area contributed by atoms with Crippen molar-refractivity contribution in [2.24, 2.45) is 13.0 Å². The first-order valence-corrected chi connectivity index (χ1v) is 5.29. The van der Waals surface area contributed by atoms with Crippen LogP contribution in [0.2, 0.25) is 0 Å². The number of methoxy groups -OCH3 is 1. The van der Waals surface area contributed by atoms with Crippen molar-refractivity contribution < 1.29 is 9.84 Å². The quantitative estimate of drug-likeness (QED) is 0.802. The van der Waals surface area contributed by atoms with Gasteiger partial charge in [-0.3, -0.25) is 4.68 Å². The van der Waals surface area contributed by atoms with Crippen LogP contribution in [0.15, 0.2) is 6.20 Å². The van der Waals surface area contributed by atoms with Crippen LogP contribution in [0.4, 0.5) is 0 Å². The fourth-order valence-electron chi connectivity index (χ4n) is 1.52. The molecule has 0 radical (unpaired) electrons. The molecule has 0 aromatic carbocycles. The SMILES string of the molecule is COc1cnn(C)c1CCC(O)C(C)C. The first-order valence-electron chi connectivity index (χ1n) is 5.29. The molecule has 1 rings (SSSR count). The van der Waals surface area contributed by atoms with Crippen LogP contribution in [0.25, 0.3) is 0 Å². The maximum atomic E-state index is 9.71. The van der Waals surface area contributed by atoms with Crippen LogP contribution in [0, 0.1) is 5.92 Å². The molecule has 0 fully saturated rings. The van der Waals surface area contributed by atoms with Crippen molar-refractivity contribution in [3.8, 4) is 5.75 Å². The Morgan fingerprint density at radius 3 is 2.73 bits per heavy atom. The minimum absolute atomic E-state index is 0.260. The van der Waals surface area contributed by atoms with Gasteiger partial charge in [0, 0.05) is 7.05 Å². The number of rotatable bonds is 5. The Morgan fingerprint density at radius 2 is 2.20 bits per heavy atom. The van der Waals surface area contributed by atoms with Crippen LogP contribution in [-0.4, -0.2) is 28.1 Å². The normalized spacial score (nSPS) is 13.2. The van der Waals surface area contributed by atoms with Crippen molar-refractivity contribution in [3.05, 3.63) is 11.9 Å². The number of aliphatic hydroxyl groups is 1. The third-order valence-electron chi connectivity index (χ3n) is 2.69. The van der Waals surface area contributed by atoms with Crippen LogP contribution in [0.3, 0.4) is 0 Å². The largest absolute Gasteiger partial charge is 0.493 e. The number of hydrogen-bond donors (Lipinski definition) is 1. The highest BCUT2D eigenvalue weighted by Gasteiger charge is 2.13. The van der Waals surface area contributed by atoms with Gasteiger partial charge in [-0.1, -0.05) is 13.8 Å². The van der Waals surface area contributed by atoms with Crippen molar-refractivity contribution in [1.29, 1.82) is 0 Å². The summed E-state index contributed by atoms with van der Waals surface area (Å²) in [6.45, 7) is 4.04. The number of nitrogens with zero attached hydrogens (tertiary/aromatic N) is 2. The lowest BCUT2D eigenvalue weighted by Gasteiger charge is -2.14. The smallest absolute Gasteiger partial charge is 0.159 e. The highest BCUT2D eigenvalue weighted by molar-refractivity contribution is 5.24. The van der Waals surface area contributed by atoms with Gasteiger partial charge < -0.3 is 9.84 Å². The van der Waals surface area contributed by atoms with Crippen molar-refractivity contribution in [1.82, 2.24) is 9.78 Å². The molecule has 1 aromatic rings. The number of aryl methyl sites for hydroxylation is 1. The third kappa shape index (κ3) is 2.96. The van der Waals surface area contributed by atoms with Crippen molar-refractivity contribution in [2.45, 2.75) is 32.8 Å². The fourth-order valence-corrected chi connectivity index (χ4v) is 1.52. The van der Waals surface area contributed by atoms with Crippen LogP contribution < -0.4 is 4.74 Å². The van der Waals surface area contributed by atoms with E-state index in [1.165, 1.54) is 0 Å². The standard InChI is InChI=1S/C11H20N2O2/c1-8(2)10(14)6-5-9-11(15-4)7-12-13(9)3/h7-8,10,14H,5-6H2,1-4H3. The molecular weight excluding hydrogens is 192 g/mol. The van der Waals surface area contributed by atoms with Gasteiger partial charge in [0.1, 0.15) is 0 Å². The fraction of sp³-hybridized carbons (Fsp3) is 0.727. The van der Waals surface area contributed by atoms with Crippen LogP contribution in [0.5, 0.6) is 5.75 Å². The Hall–Kier alpha value is -1.03. The van der Waals surface area contributed by atoms with Gasteiger partial charge >= 0.3 is 0 Å². The average molecular weight is 212 g/mol. The molecule has 1 heterocycles. The van der Waals surface area contributed by atoms with Crippen molar-refractivity contribution in [3.63, 3.8) is 0 Å². The number of ether oxygens (including phenoxy) is 1. The van der Waals surface area contributed by atoms with Gasteiger partial charge in [0.05, 0.1) is 25.1 Å². The van der Waals surface area contributed by atoms with E-state index >= 15 is 0 Å². The van der Waals surface area contributed by atoms with E-state index in [-0.39, 0.29) is 6.10 Å². The number of aromatic nitrogens is 2.